The molecular weight excluding hydrogens is 269 g/mol. The molecule has 1 aromatic rings. The first-order chi connectivity index (χ1) is 8.90. The van der Waals surface area contributed by atoms with Gasteiger partial charge in [-0.15, -0.1) is 0 Å². The summed E-state index contributed by atoms with van der Waals surface area (Å²) in [5, 5.41) is 11.9. The molecule has 6 heteroatoms. The molecule has 0 fully saturated rings. The predicted molar refractivity (Wildman–Crippen MR) is 73.2 cm³/mol. The van der Waals surface area contributed by atoms with E-state index in [4.69, 9.17) is 5.11 Å². The number of rotatable bonds is 7. The Labute approximate surface area is 114 Å². The molecule has 1 rings (SSSR count). The van der Waals surface area contributed by atoms with Crippen molar-refractivity contribution in [2.45, 2.75) is 25.9 Å². The maximum absolute atomic E-state index is 13.5. The maximum Gasteiger partial charge on any atom is 0.335 e. The number of hydrogen-bond acceptors (Lipinski definition) is 3. The standard InChI is InChI=1S/C13H18FNO3S/c1-9(5-6-19(2)18)15-8-11-7-10(13(16)17)3-4-12(11)14/h3-4,7,9,15H,5-6,8H2,1-2H3,(H,16,17). The van der Waals surface area contributed by atoms with Gasteiger partial charge in [0.1, 0.15) is 5.82 Å². The summed E-state index contributed by atoms with van der Waals surface area (Å²) >= 11 is 0. The molecule has 4 nitrogen and oxygen atoms in total. The average molecular weight is 287 g/mol. The molecule has 0 radical (unpaired) electrons. The zero-order valence-corrected chi connectivity index (χ0v) is 11.8. The van der Waals surface area contributed by atoms with E-state index in [0.29, 0.717) is 11.3 Å². The zero-order chi connectivity index (χ0) is 14.4. The Morgan fingerprint density at radius 2 is 2.21 bits per heavy atom. The predicted octanol–water partition coefficient (Wildman–Crippen LogP) is 1.77. The molecule has 0 aliphatic rings. The number of hydrogen-bond donors (Lipinski definition) is 2. The lowest BCUT2D eigenvalue weighted by atomic mass is 10.1. The van der Waals surface area contributed by atoms with Crippen molar-refractivity contribution in [3.05, 3.63) is 35.1 Å². The van der Waals surface area contributed by atoms with Crippen molar-refractivity contribution < 1.29 is 18.5 Å². The first-order valence-electron chi connectivity index (χ1n) is 5.95. The molecule has 1 aromatic carbocycles. The van der Waals surface area contributed by atoms with E-state index < -0.39 is 22.6 Å². The van der Waals surface area contributed by atoms with Gasteiger partial charge in [-0.25, -0.2) is 9.18 Å². The van der Waals surface area contributed by atoms with Crippen molar-refractivity contribution in [2.24, 2.45) is 0 Å². The van der Waals surface area contributed by atoms with E-state index in [0.717, 1.165) is 12.5 Å². The van der Waals surface area contributed by atoms with E-state index in [9.17, 15) is 13.4 Å². The smallest absolute Gasteiger partial charge is 0.335 e. The van der Waals surface area contributed by atoms with Gasteiger partial charge in [0.25, 0.3) is 0 Å². The lowest BCUT2D eigenvalue weighted by molar-refractivity contribution is 0.0696. The van der Waals surface area contributed by atoms with Gasteiger partial charge < -0.3 is 10.4 Å². The highest BCUT2D eigenvalue weighted by Gasteiger charge is 2.09. The molecule has 0 aromatic heterocycles. The number of aromatic carboxylic acids is 1. The molecule has 19 heavy (non-hydrogen) atoms. The molecule has 2 atom stereocenters. The summed E-state index contributed by atoms with van der Waals surface area (Å²) in [6.45, 7) is 2.18. The molecule has 0 amide bonds. The fraction of sp³-hybridized carbons (Fsp3) is 0.462. The van der Waals surface area contributed by atoms with E-state index in [-0.39, 0.29) is 18.2 Å². The van der Waals surface area contributed by atoms with Crippen molar-refractivity contribution in [3.63, 3.8) is 0 Å². The second kappa shape index (κ2) is 7.35. The molecule has 0 saturated carbocycles. The fourth-order valence-electron chi connectivity index (χ4n) is 1.57. The van der Waals surface area contributed by atoms with Gasteiger partial charge in [-0.1, -0.05) is 0 Å². The van der Waals surface area contributed by atoms with Gasteiger partial charge >= 0.3 is 5.97 Å². The van der Waals surface area contributed by atoms with Gasteiger partial charge in [0.15, 0.2) is 0 Å². The Bertz CT molecular complexity index is 479. The third-order valence-corrected chi connectivity index (χ3v) is 3.58. The van der Waals surface area contributed by atoms with Crippen LogP contribution in [0.3, 0.4) is 0 Å². The SMILES string of the molecule is CC(CCS(C)=O)NCc1cc(C(=O)O)ccc1F. The molecule has 0 heterocycles. The lowest BCUT2D eigenvalue weighted by Gasteiger charge is -2.13. The summed E-state index contributed by atoms with van der Waals surface area (Å²) < 4.78 is 24.5. The van der Waals surface area contributed by atoms with Crippen LogP contribution in [0.5, 0.6) is 0 Å². The molecule has 0 bridgehead atoms. The molecular formula is C13H18FNO3S. The van der Waals surface area contributed by atoms with Crippen LogP contribution >= 0.6 is 0 Å². The Balaban J connectivity index is 2.59. The number of carboxylic acids is 1. The lowest BCUT2D eigenvalue weighted by Crippen LogP contribution is -2.27. The zero-order valence-electron chi connectivity index (χ0n) is 11.0. The van der Waals surface area contributed by atoms with Crippen LogP contribution in [-0.4, -0.2) is 33.3 Å². The van der Waals surface area contributed by atoms with Gasteiger partial charge in [0.2, 0.25) is 0 Å². The van der Waals surface area contributed by atoms with E-state index >= 15 is 0 Å². The number of halogens is 1. The molecule has 0 aliphatic heterocycles. The van der Waals surface area contributed by atoms with Crippen molar-refractivity contribution >= 4 is 16.8 Å². The third-order valence-electron chi connectivity index (χ3n) is 2.77. The van der Waals surface area contributed by atoms with E-state index in [1.54, 1.807) is 6.26 Å². The Hall–Kier alpha value is -1.27. The van der Waals surface area contributed by atoms with E-state index in [1.807, 2.05) is 6.92 Å². The van der Waals surface area contributed by atoms with Crippen LogP contribution < -0.4 is 5.32 Å². The third kappa shape index (κ3) is 5.48. The highest BCUT2D eigenvalue weighted by atomic mass is 32.2. The van der Waals surface area contributed by atoms with Crippen LogP contribution in [0.2, 0.25) is 0 Å². The molecule has 2 unspecified atom stereocenters. The highest BCUT2D eigenvalue weighted by Crippen LogP contribution is 2.11. The second-order valence-electron chi connectivity index (χ2n) is 4.46. The Morgan fingerprint density at radius 3 is 2.79 bits per heavy atom. The van der Waals surface area contributed by atoms with Crippen LogP contribution in [0.4, 0.5) is 4.39 Å². The summed E-state index contributed by atoms with van der Waals surface area (Å²) in [5.41, 5.74) is 0.393. The summed E-state index contributed by atoms with van der Waals surface area (Å²) in [5.74, 6) is -0.911. The van der Waals surface area contributed by atoms with Gasteiger partial charge in [-0.2, -0.15) is 0 Å². The van der Waals surface area contributed by atoms with E-state index in [2.05, 4.69) is 5.32 Å². The van der Waals surface area contributed by atoms with Gasteiger partial charge in [-0.05, 0) is 31.5 Å². The summed E-state index contributed by atoms with van der Waals surface area (Å²) in [4.78, 5) is 10.8. The fourth-order valence-corrected chi connectivity index (χ4v) is 2.26. The minimum Gasteiger partial charge on any atom is -0.478 e. The molecule has 0 aliphatic carbocycles. The second-order valence-corrected chi connectivity index (χ2v) is 6.01. The topological polar surface area (TPSA) is 66.4 Å². The summed E-state index contributed by atoms with van der Waals surface area (Å²) in [7, 11) is -0.840. The molecule has 0 spiro atoms. The van der Waals surface area contributed by atoms with Crippen LogP contribution in [0.15, 0.2) is 18.2 Å². The minimum absolute atomic E-state index is 0.0699. The van der Waals surface area contributed by atoms with Crippen LogP contribution in [0.25, 0.3) is 0 Å². The van der Waals surface area contributed by atoms with Crippen LogP contribution in [0, 0.1) is 5.82 Å². The number of carboxylic acid groups (broad SMARTS) is 1. The van der Waals surface area contributed by atoms with Crippen LogP contribution in [0.1, 0.15) is 29.3 Å². The summed E-state index contributed by atoms with van der Waals surface area (Å²) in [6, 6.07) is 3.82. The number of nitrogens with one attached hydrogen (secondary N) is 1. The first-order valence-corrected chi connectivity index (χ1v) is 7.68. The van der Waals surface area contributed by atoms with Crippen molar-refractivity contribution in [2.75, 3.05) is 12.0 Å². The quantitative estimate of drug-likeness (QED) is 0.802. The molecule has 106 valence electrons. The molecule has 0 saturated heterocycles. The Morgan fingerprint density at radius 1 is 1.53 bits per heavy atom. The Kier molecular flexibility index (Phi) is 6.11. The van der Waals surface area contributed by atoms with Crippen molar-refractivity contribution in [3.8, 4) is 0 Å². The maximum atomic E-state index is 13.5. The van der Waals surface area contributed by atoms with Crippen LogP contribution in [-0.2, 0) is 17.3 Å². The minimum atomic E-state index is -1.07. The monoisotopic (exact) mass is 287 g/mol. The largest absolute Gasteiger partial charge is 0.478 e. The van der Waals surface area contributed by atoms with Crippen molar-refractivity contribution in [1.29, 1.82) is 0 Å². The van der Waals surface area contributed by atoms with Gasteiger partial charge in [-0.3, -0.25) is 4.21 Å². The average Bonchev–Trinajstić information content (AvgIpc) is 2.35. The number of carbonyl (C=O) groups is 1. The highest BCUT2D eigenvalue weighted by molar-refractivity contribution is 7.84. The van der Waals surface area contributed by atoms with E-state index in [1.165, 1.54) is 12.1 Å². The van der Waals surface area contributed by atoms with Crippen molar-refractivity contribution in [1.82, 2.24) is 5.32 Å². The first kappa shape index (κ1) is 15.8. The normalized spacial score (nSPS) is 14.1. The van der Waals surface area contributed by atoms with Gasteiger partial charge in [0.05, 0.1) is 5.56 Å². The summed E-state index contributed by atoms with van der Waals surface area (Å²) in [6.07, 6.45) is 2.37. The molecule has 2 N–H and O–H groups in total. The van der Waals surface area contributed by atoms with Gasteiger partial charge in [0, 0.05) is 41.0 Å². The number of benzene rings is 1.